The Kier molecular flexibility index (Phi) is 8.84. The second-order valence-corrected chi connectivity index (χ2v) is 9.71. The lowest BCUT2D eigenvalue weighted by Crippen LogP contribution is -2.46. The number of carbonyl (C=O) groups is 2. The fraction of sp³-hybridized carbons (Fsp3) is 0.250. The fourth-order valence-electron chi connectivity index (χ4n) is 4.34. The zero-order chi connectivity index (χ0) is 29.8. The Hall–Kier alpha value is -4.55. The van der Waals surface area contributed by atoms with E-state index in [0.717, 1.165) is 6.21 Å². The van der Waals surface area contributed by atoms with Gasteiger partial charge in [0.2, 0.25) is 11.9 Å². The normalized spacial score (nSPS) is 14.6. The van der Waals surface area contributed by atoms with E-state index in [-0.39, 0.29) is 40.6 Å². The van der Waals surface area contributed by atoms with E-state index in [1.165, 1.54) is 43.3 Å². The molecule has 1 aliphatic heterocycles. The summed E-state index contributed by atoms with van der Waals surface area (Å²) < 4.78 is 19.1. The van der Waals surface area contributed by atoms with E-state index >= 15 is 0 Å². The van der Waals surface area contributed by atoms with Crippen LogP contribution in [0.15, 0.2) is 54.1 Å². The van der Waals surface area contributed by atoms with Crippen LogP contribution in [0.2, 0.25) is 5.02 Å². The standard InChI is InChI=1S/C28H28ClFN6O5/c1-14(26(39)33-24(13-37)18-6-19(30)9-20(7-18)41-3)36-12-17-5-4-16(8-21(17)27(36)40)25-22(29)11-32-28(35-25)34-23(10-31)15(2)38/h4-11,14,24,31,37-38H,12-13H2,1-3H3,(H,33,39)(H,32,34,35)/b23-15+,31-10?/t14-,24-/m1/s1. The van der Waals surface area contributed by atoms with Gasteiger partial charge in [-0.3, -0.25) is 9.59 Å². The third-order valence-corrected chi connectivity index (χ3v) is 6.89. The van der Waals surface area contributed by atoms with Gasteiger partial charge in [0, 0.05) is 30.0 Å². The number of hydrogen-bond donors (Lipinski definition) is 5. The van der Waals surface area contributed by atoms with E-state index in [1.807, 2.05) is 0 Å². The first kappa shape index (κ1) is 29.4. The van der Waals surface area contributed by atoms with Gasteiger partial charge in [0.25, 0.3) is 5.91 Å². The summed E-state index contributed by atoms with van der Waals surface area (Å²) >= 11 is 6.35. The van der Waals surface area contributed by atoms with Crippen LogP contribution in [0.5, 0.6) is 5.75 Å². The number of anilines is 1. The lowest BCUT2D eigenvalue weighted by Gasteiger charge is -2.26. The van der Waals surface area contributed by atoms with Crippen LogP contribution in [0.1, 0.15) is 41.4 Å². The first-order chi connectivity index (χ1) is 19.6. The van der Waals surface area contributed by atoms with Crippen molar-refractivity contribution in [1.82, 2.24) is 20.2 Å². The van der Waals surface area contributed by atoms with E-state index in [0.29, 0.717) is 27.9 Å². The molecule has 0 spiro atoms. The lowest BCUT2D eigenvalue weighted by molar-refractivity contribution is -0.126. The van der Waals surface area contributed by atoms with E-state index in [2.05, 4.69) is 20.6 Å². The smallest absolute Gasteiger partial charge is 0.255 e. The van der Waals surface area contributed by atoms with Crippen LogP contribution in [-0.4, -0.2) is 62.9 Å². The molecule has 1 aromatic heterocycles. The number of aliphatic hydroxyl groups is 2. The molecule has 2 atom stereocenters. The van der Waals surface area contributed by atoms with Crippen molar-refractivity contribution in [2.45, 2.75) is 32.5 Å². The maximum Gasteiger partial charge on any atom is 0.255 e. The molecule has 41 heavy (non-hydrogen) atoms. The number of rotatable bonds is 10. The summed E-state index contributed by atoms with van der Waals surface area (Å²) in [5, 5.41) is 32.6. The maximum atomic E-state index is 14.0. The molecule has 0 fully saturated rings. The van der Waals surface area contributed by atoms with Gasteiger partial charge in [-0.25, -0.2) is 14.4 Å². The summed E-state index contributed by atoms with van der Waals surface area (Å²) in [5.74, 6) is -1.29. The molecule has 214 valence electrons. The van der Waals surface area contributed by atoms with Crippen molar-refractivity contribution < 1.29 is 28.9 Å². The highest BCUT2D eigenvalue weighted by atomic mass is 35.5. The van der Waals surface area contributed by atoms with Gasteiger partial charge in [0.05, 0.1) is 42.4 Å². The van der Waals surface area contributed by atoms with Crippen LogP contribution in [0.3, 0.4) is 0 Å². The van der Waals surface area contributed by atoms with Crippen LogP contribution in [0.25, 0.3) is 11.3 Å². The van der Waals surface area contributed by atoms with E-state index in [9.17, 15) is 24.2 Å². The van der Waals surface area contributed by atoms with Gasteiger partial charge < -0.3 is 35.9 Å². The van der Waals surface area contributed by atoms with Gasteiger partial charge in [-0.05, 0) is 43.2 Å². The van der Waals surface area contributed by atoms with Crippen LogP contribution >= 0.6 is 11.6 Å². The van der Waals surface area contributed by atoms with Gasteiger partial charge >= 0.3 is 0 Å². The predicted octanol–water partition coefficient (Wildman–Crippen LogP) is 3.99. The van der Waals surface area contributed by atoms with Gasteiger partial charge in [-0.2, -0.15) is 0 Å². The molecule has 2 aromatic carbocycles. The number of carbonyl (C=O) groups excluding carboxylic acids is 2. The summed E-state index contributed by atoms with van der Waals surface area (Å²) in [6.07, 6.45) is 2.28. The molecule has 4 rings (SSSR count). The molecule has 1 aliphatic rings. The number of aromatic nitrogens is 2. The number of aliphatic hydroxyl groups excluding tert-OH is 2. The van der Waals surface area contributed by atoms with E-state index in [1.54, 1.807) is 25.1 Å². The van der Waals surface area contributed by atoms with Crippen molar-refractivity contribution in [1.29, 1.82) is 5.41 Å². The number of nitrogens with zero attached hydrogens (tertiary/aromatic N) is 3. The Morgan fingerprint density at radius 3 is 2.73 bits per heavy atom. The number of fused-ring (bicyclic) bond motifs is 1. The maximum absolute atomic E-state index is 14.0. The molecule has 0 unspecified atom stereocenters. The Labute approximate surface area is 240 Å². The minimum atomic E-state index is -0.915. The van der Waals surface area contributed by atoms with Crippen molar-refractivity contribution in [3.63, 3.8) is 0 Å². The molecule has 2 heterocycles. The van der Waals surface area contributed by atoms with Crippen LogP contribution in [0, 0.1) is 11.2 Å². The number of halogens is 2. The second-order valence-electron chi connectivity index (χ2n) is 9.31. The minimum Gasteiger partial charge on any atom is -0.510 e. The highest BCUT2D eigenvalue weighted by molar-refractivity contribution is 6.33. The van der Waals surface area contributed by atoms with Crippen molar-refractivity contribution >= 4 is 35.6 Å². The predicted molar refractivity (Wildman–Crippen MR) is 150 cm³/mol. The summed E-state index contributed by atoms with van der Waals surface area (Å²) in [4.78, 5) is 36.4. The van der Waals surface area contributed by atoms with Crippen molar-refractivity contribution in [2.75, 3.05) is 19.0 Å². The molecular formula is C28H28ClFN6O5. The van der Waals surface area contributed by atoms with Crippen molar-refractivity contribution in [3.8, 4) is 17.0 Å². The highest BCUT2D eigenvalue weighted by Gasteiger charge is 2.35. The molecule has 5 N–H and O–H groups in total. The quantitative estimate of drug-likeness (QED) is 0.177. The van der Waals surface area contributed by atoms with Gasteiger partial charge in [-0.15, -0.1) is 0 Å². The zero-order valence-corrected chi connectivity index (χ0v) is 23.2. The average molecular weight is 583 g/mol. The molecule has 0 radical (unpaired) electrons. The number of allylic oxidation sites excluding steroid dienone is 2. The first-order valence-electron chi connectivity index (χ1n) is 12.5. The topological polar surface area (TPSA) is 161 Å². The van der Waals surface area contributed by atoms with Crippen LogP contribution in [0.4, 0.5) is 10.3 Å². The van der Waals surface area contributed by atoms with Gasteiger partial charge in [-0.1, -0.05) is 23.7 Å². The average Bonchev–Trinajstić information content (AvgIpc) is 3.29. The summed E-state index contributed by atoms with van der Waals surface area (Å²) in [6, 6.07) is 7.18. The number of ether oxygens (including phenoxy) is 1. The Bertz CT molecular complexity index is 1540. The second kappa shape index (κ2) is 12.3. The van der Waals surface area contributed by atoms with E-state index < -0.39 is 30.4 Å². The fourth-order valence-corrected chi connectivity index (χ4v) is 4.54. The molecule has 0 bridgehead atoms. The zero-order valence-electron chi connectivity index (χ0n) is 22.4. The molecule has 11 nitrogen and oxygen atoms in total. The number of amides is 2. The lowest BCUT2D eigenvalue weighted by atomic mass is 10.0. The molecule has 3 aromatic rings. The summed E-state index contributed by atoms with van der Waals surface area (Å²) in [7, 11) is 1.38. The van der Waals surface area contributed by atoms with Crippen molar-refractivity contribution in [3.05, 3.63) is 81.6 Å². The third-order valence-electron chi connectivity index (χ3n) is 6.62. The molecule has 0 aliphatic carbocycles. The molecule has 13 heteroatoms. The van der Waals surface area contributed by atoms with Crippen molar-refractivity contribution in [2.24, 2.45) is 0 Å². The molecule has 0 saturated carbocycles. The van der Waals surface area contributed by atoms with Gasteiger partial charge in [0.1, 0.15) is 23.4 Å². The monoisotopic (exact) mass is 582 g/mol. The molecule has 0 saturated heterocycles. The number of nitrogens with one attached hydrogen (secondary N) is 3. The molecule has 2 amide bonds. The third kappa shape index (κ3) is 6.28. The Morgan fingerprint density at radius 1 is 1.32 bits per heavy atom. The SMILES string of the molecule is COc1cc(F)cc([C@@H](CO)NC(=O)[C@@H](C)N2Cc3ccc(-c4nc(N/C(C=N)=C(\C)O)ncc4Cl)cc3C2=O)c1. The summed E-state index contributed by atoms with van der Waals surface area (Å²) in [5.41, 5.74) is 2.32. The van der Waals surface area contributed by atoms with Crippen LogP contribution < -0.4 is 15.4 Å². The number of hydrogen-bond acceptors (Lipinski definition) is 9. The van der Waals surface area contributed by atoms with Crippen LogP contribution in [-0.2, 0) is 11.3 Å². The summed E-state index contributed by atoms with van der Waals surface area (Å²) in [6.45, 7) is 2.66. The largest absolute Gasteiger partial charge is 0.510 e. The number of methoxy groups -OCH3 is 1. The Balaban J connectivity index is 1.54. The number of benzene rings is 2. The first-order valence-corrected chi connectivity index (χ1v) is 12.8. The highest BCUT2D eigenvalue weighted by Crippen LogP contribution is 2.32. The van der Waals surface area contributed by atoms with Gasteiger partial charge in [0.15, 0.2) is 0 Å². The minimum absolute atomic E-state index is 0.0874. The Morgan fingerprint density at radius 2 is 2.07 bits per heavy atom. The van der Waals surface area contributed by atoms with E-state index in [4.69, 9.17) is 21.7 Å². The molecular weight excluding hydrogens is 555 g/mol.